The van der Waals surface area contributed by atoms with Gasteiger partial charge in [0.2, 0.25) is 5.88 Å². The Kier molecular flexibility index (Phi) is 4.20. The van der Waals surface area contributed by atoms with Crippen LogP contribution in [0.3, 0.4) is 0 Å². The Bertz CT molecular complexity index is 504. The number of aromatic nitrogens is 2. The van der Waals surface area contributed by atoms with E-state index < -0.39 is 0 Å². The molecule has 2 aromatic heterocycles. The quantitative estimate of drug-likeness (QED) is 0.805. The Morgan fingerprint density at radius 2 is 2.29 bits per heavy atom. The fourth-order valence-corrected chi connectivity index (χ4v) is 3.06. The van der Waals surface area contributed by atoms with Crippen LogP contribution in [0, 0.1) is 0 Å². The third-order valence-electron chi connectivity index (χ3n) is 2.23. The van der Waals surface area contributed by atoms with Crippen LogP contribution in [0.5, 0.6) is 5.88 Å². The van der Waals surface area contributed by atoms with Crippen LogP contribution in [0.15, 0.2) is 23.8 Å². The molecule has 0 saturated heterocycles. The van der Waals surface area contributed by atoms with Gasteiger partial charge in [0.1, 0.15) is 6.33 Å². The van der Waals surface area contributed by atoms with E-state index in [1.54, 1.807) is 24.5 Å². The van der Waals surface area contributed by atoms with Crippen LogP contribution in [0.1, 0.15) is 15.9 Å². The molecule has 0 N–H and O–H groups in total. The maximum Gasteiger partial charge on any atom is 0.216 e. The monoisotopic (exact) mass is 288 g/mol. The molecular weight excluding hydrogens is 279 g/mol. The van der Waals surface area contributed by atoms with Crippen LogP contribution in [0.2, 0.25) is 5.02 Å². The summed E-state index contributed by atoms with van der Waals surface area (Å²) in [6.07, 6.45) is 2.06. The lowest BCUT2D eigenvalue weighted by Gasteiger charge is -2.08. The summed E-state index contributed by atoms with van der Waals surface area (Å²) in [4.78, 5) is 9.06. The molecule has 3 nitrogen and oxygen atoms in total. The van der Waals surface area contributed by atoms with Crippen LogP contribution in [-0.4, -0.2) is 17.1 Å². The first-order chi connectivity index (χ1) is 8.20. The van der Waals surface area contributed by atoms with Crippen LogP contribution in [0.25, 0.3) is 0 Å². The van der Waals surface area contributed by atoms with E-state index in [4.69, 9.17) is 27.9 Å². The van der Waals surface area contributed by atoms with Crippen molar-refractivity contribution in [3.63, 3.8) is 0 Å². The van der Waals surface area contributed by atoms with Gasteiger partial charge in [-0.1, -0.05) is 11.6 Å². The third kappa shape index (κ3) is 3.09. The standard InChI is InChI=1S/C11H10Cl2N2OS/c1-16-10-5-7(14-6-15-10)4-9(13)11-8(12)2-3-17-11/h2-3,5-6,9H,4H2,1H3. The summed E-state index contributed by atoms with van der Waals surface area (Å²) in [6.45, 7) is 0. The van der Waals surface area contributed by atoms with Gasteiger partial charge in [0.25, 0.3) is 0 Å². The topological polar surface area (TPSA) is 35.0 Å². The van der Waals surface area contributed by atoms with E-state index in [9.17, 15) is 0 Å². The molecule has 90 valence electrons. The second kappa shape index (κ2) is 5.67. The van der Waals surface area contributed by atoms with E-state index in [-0.39, 0.29) is 5.38 Å². The third-order valence-corrected chi connectivity index (χ3v) is 4.20. The van der Waals surface area contributed by atoms with Gasteiger partial charge in [-0.3, -0.25) is 0 Å². The molecule has 2 heterocycles. The highest BCUT2D eigenvalue weighted by Crippen LogP contribution is 2.34. The molecule has 0 aliphatic rings. The number of thiophene rings is 1. The van der Waals surface area contributed by atoms with Crippen molar-refractivity contribution in [2.24, 2.45) is 0 Å². The maximum atomic E-state index is 6.31. The number of hydrogen-bond donors (Lipinski definition) is 0. The van der Waals surface area contributed by atoms with E-state index in [1.807, 2.05) is 11.4 Å². The number of alkyl halides is 1. The van der Waals surface area contributed by atoms with E-state index in [1.165, 1.54) is 6.33 Å². The number of methoxy groups -OCH3 is 1. The molecule has 0 aliphatic heterocycles. The number of rotatable bonds is 4. The van der Waals surface area contributed by atoms with Crippen molar-refractivity contribution >= 4 is 34.5 Å². The van der Waals surface area contributed by atoms with Crippen molar-refractivity contribution in [1.29, 1.82) is 0 Å². The lowest BCUT2D eigenvalue weighted by atomic mass is 10.2. The molecular formula is C11H10Cl2N2OS. The molecule has 0 saturated carbocycles. The van der Waals surface area contributed by atoms with Gasteiger partial charge in [0.15, 0.2) is 0 Å². The predicted octanol–water partition coefficient (Wildman–Crippen LogP) is 3.72. The smallest absolute Gasteiger partial charge is 0.216 e. The molecule has 0 radical (unpaired) electrons. The lowest BCUT2D eigenvalue weighted by molar-refractivity contribution is 0.396. The minimum absolute atomic E-state index is 0.179. The fourth-order valence-electron chi connectivity index (χ4n) is 1.41. The van der Waals surface area contributed by atoms with Gasteiger partial charge in [-0.25, -0.2) is 9.97 Å². The highest BCUT2D eigenvalue weighted by atomic mass is 35.5. The van der Waals surface area contributed by atoms with Crippen molar-refractivity contribution in [2.75, 3.05) is 7.11 Å². The molecule has 0 bridgehead atoms. The first-order valence-corrected chi connectivity index (χ1v) is 6.62. The largest absolute Gasteiger partial charge is 0.481 e. The highest BCUT2D eigenvalue weighted by molar-refractivity contribution is 7.11. The normalized spacial score (nSPS) is 12.4. The van der Waals surface area contributed by atoms with E-state index in [0.29, 0.717) is 17.3 Å². The average Bonchev–Trinajstić information content (AvgIpc) is 2.76. The van der Waals surface area contributed by atoms with Crippen LogP contribution in [0.4, 0.5) is 0 Å². The van der Waals surface area contributed by atoms with E-state index in [0.717, 1.165) is 10.6 Å². The summed E-state index contributed by atoms with van der Waals surface area (Å²) < 4.78 is 5.03. The second-order valence-electron chi connectivity index (χ2n) is 3.36. The zero-order valence-corrected chi connectivity index (χ0v) is 11.4. The molecule has 0 aromatic carbocycles. The minimum Gasteiger partial charge on any atom is -0.481 e. The highest BCUT2D eigenvalue weighted by Gasteiger charge is 2.15. The molecule has 17 heavy (non-hydrogen) atoms. The van der Waals surface area contributed by atoms with Gasteiger partial charge >= 0.3 is 0 Å². The second-order valence-corrected chi connectivity index (χ2v) is 5.24. The van der Waals surface area contributed by atoms with E-state index >= 15 is 0 Å². The first-order valence-electron chi connectivity index (χ1n) is 4.92. The number of hydrogen-bond acceptors (Lipinski definition) is 4. The number of halogens is 2. The predicted molar refractivity (Wildman–Crippen MR) is 70.2 cm³/mol. The Labute approximate surface area is 113 Å². The molecule has 2 rings (SSSR count). The van der Waals surface area contributed by atoms with Crippen LogP contribution >= 0.6 is 34.5 Å². The van der Waals surface area contributed by atoms with Gasteiger partial charge in [-0.05, 0) is 11.4 Å². The summed E-state index contributed by atoms with van der Waals surface area (Å²) in [6, 6.07) is 3.62. The molecule has 0 fully saturated rings. The molecule has 0 aliphatic carbocycles. The van der Waals surface area contributed by atoms with Crippen molar-refractivity contribution in [3.8, 4) is 5.88 Å². The minimum atomic E-state index is -0.179. The summed E-state index contributed by atoms with van der Waals surface area (Å²) in [5.41, 5.74) is 0.835. The van der Waals surface area contributed by atoms with E-state index in [2.05, 4.69) is 9.97 Å². The number of ether oxygens (including phenoxy) is 1. The number of nitrogens with zero attached hydrogens (tertiary/aromatic N) is 2. The average molecular weight is 289 g/mol. The SMILES string of the molecule is COc1cc(CC(Cl)c2sccc2Cl)ncn1. The Morgan fingerprint density at radius 3 is 2.94 bits per heavy atom. The molecule has 0 amide bonds. The zero-order chi connectivity index (χ0) is 12.3. The summed E-state index contributed by atoms with van der Waals surface area (Å²) in [5, 5.41) is 2.45. The fraction of sp³-hybridized carbons (Fsp3) is 0.273. The maximum absolute atomic E-state index is 6.31. The summed E-state index contributed by atoms with van der Waals surface area (Å²) in [5.74, 6) is 0.538. The Hall–Kier alpha value is -0.840. The summed E-state index contributed by atoms with van der Waals surface area (Å²) in [7, 11) is 1.57. The van der Waals surface area contributed by atoms with Crippen molar-refractivity contribution in [2.45, 2.75) is 11.8 Å². The van der Waals surface area contributed by atoms with Gasteiger partial charge < -0.3 is 4.74 Å². The van der Waals surface area contributed by atoms with Gasteiger partial charge in [0.05, 0.1) is 17.5 Å². The van der Waals surface area contributed by atoms with Gasteiger partial charge in [-0.15, -0.1) is 22.9 Å². The van der Waals surface area contributed by atoms with Crippen molar-refractivity contribution in [3.05, 3.63) is 39.4 Å². The summed E-state index contributed by atoms with van der Waals surface area (Å²) >= 11 is 13.9. The molecule has 2 aromatic rings. The lowest BCUT2D eigenvalue weighted by Crippen LogP contribution is -1.99. The Morgan fingerprint density at radius 1 is 1.47 bits per heavy atom. The molecule has 1 unspecified atom stereocenters. The van der Waals surface area contributed by atoms with Gasteiger partial charge in [-0.2, -0.15) is 0 Å². The molecule has 1 atom stereocenters. The van der Waals surface area contributed by atoms with Crippen molar-refractivity contribution in [1.82, 2.24) is 9.97 Å². The Balaban J connectivity index is 2.13. The van der Waals surface area contributed by atoms with Gasteiger partial charge in [0, 0.05) is 23.1 Å². The van der Waals surface area contributed by atoms with Crippen LogP contribution < -0.4 is 4.74 Å². The first kappa shape index (κ1) is 12.6. The molecule has 6 heteroatoms. The molecule has 0 spiro atoms. The van der Waals surface area contributed by atoms with Crippen molar-refractivity contribution < 1.29 is 4.74 Å². The van der Waals surface area contributed by atoms with Crippen LogP contribution in [-0.2, 0) is 6.42 Å². The zero-order valence-electron chi connectivity index (χ0n) is 9.06.